The highest BCUT2D eigenvalue weighted by molar-refractivity contribution is 7.20. The number of carbonyl (C=O) groups is 1. The topological polar surface area (TPSA) is 29.5 Å². The van der Waals surface area contributed by atoms with E-state index in [1.165, 1.54) is 11.3 Å². The van der Waals surface area contributed by atoms with E-state index in [1.807, 2.05) is 13.8 Å². The molecule has 1 saturated heterocycles. The summed E-state index contributed by atoms with van der Waals surface area (Å²) in [5.41, 5.74) is 0.489. The highest BCUT2D eigenvalue weighted by atomic mass is 35.5. The van der Waals surface area contributed by atoms with Crippen LogP contribution < -0.4 is 0 Å². The van der Waals surface area contributed by atoms with E-state index in [0.717, 1.165) is 0 Å². The van der Waals surface area contributed by atoms with Crippen LogP contribution in [0.4, 0.5) is 0 Å². The van der Waals surface area contributed by atoms with E-state index >= 15 is 0 Å². The number of carbonyl (C=O) groups excluding carboxylic acids is 1. The molecule has 0 radical (unpaired) electrons. The molecule has 1 aromatic heterocycles. The minimum absolute atomic E-state index is 0.0584. The highest BCUT2D eigenvalue weighted by Gasteiger charge is 2.30. The third-order valence-corrected chi connectivity index (χ3v) is 4.24. The predicted octanol–water partition coefficient (Wildman–Crippen LogP) is 3.30. The number of halogens is 2. The summed E-state index contributed by atoms with van der Waals surface area (Å²) in [4.78, 5) is 14.1. The maximum absolute atomic E-state index is 12.3. The number of hydrogen-bond donors (Lipinski definition) is 0. The van der Waals surface area contributed by atoms with E-state index in [0.29, 0.717) is 27.4 Å². The van der Waals surface area contributed by atoms with Gasteiger partial charge >= 0.3 is 0 Å². The van der Waals surface area contributed by atoms with Crippen molar-refractivity contribution in [3.05, 3.63) is 20.3 Å². The molecule has 2 rings (SSSR count). The van der Waals surface area contributed by atoms with Crippen LogP contribution >= 0.6 is 34.5 Å². The Labute approximate surface area is 114 Å². The summed E-state index contributed by atoms with van der Waals surface area (Å²) in [6.07, 6.45) is 0.0584. The Balaban J connectivity index is 2.21. The second-order valence-electron chi connectivity index (χ2n) is 4.19. The molecule has 0 aromatic carbocycles. The van der Waals surface area contributed by atoms with Crippen molar-refractivity contribution < 1.29 is 9.53 Å². The third kappa shape index (κ3) is 2.76. The normalized spacial score (nSPS) is 25.1. The zero-order valence-electron chi connectivity index (χ0n) is 9.57. The van der Waals surface area contributed by atoms with Gasteiger partial charge in [0.15, 0.2) is 0 Å². The largest absolute Gasteiger partial charge is 0.375 e. The van der Waals surface area contributed by atoms with Crippen molar-refractivity contribution >= 4 is 40.4 Å². The number of hydrogen-bond acceptors (Lipinski definition) is 3. The van der Waals surface area contributed by atoms with Gasteiger partial charge in [0.05, 0.1) is 28.7 Å². The molecule has 0 bridgehead atoms. The summed E-state index contributed by atoms with van der Waals surface area (Å²) in [5, 5.41) is 0. The first kappa shape index (κ1) is 13.1. The quantitative estimate of drug-likeness (QED) is 0.795. The molecule has 1 aromatic rings. The fourth-order valence-electron chi connectivity index (χ4n) is 1.83. The summed E-state index contributed by atoms with van der Waals surface area (Å²) < 4.78 is 6.48. The van der Waals surface area contributed by atoms with Gasteiger partial charge in [-0.05, 0) is 19.9 Å². The first-order valence-corrected chi connectivity index (χ1v) is 6.93. The Hall–Kier alpha value is -0.290. The lowest BCUT2D eigenvalue weighted by Crippen LogP contribution is -2.50. The predicted molar refractivity (Wildman–Crippen MR) is 70.3 cm³/mol. The van der Waals surface area contributed by atoms with E-state index in [-0.39, 0.29) is 18.1 Å². The van der Waals surface area contributed by atoms with E-state index < -0.39 is 0 Å². The Morgan fingerprint density at radius 3 is 2.82 bits per heavy atom. The second kappa shape index (κ2) is 5.14. The number of amides is 1. The molecule has 3 nitrogen and oxygen atoms in total. The monoisotopic (exact) mass is 293 g/mol. The molecule has 0 N–H and O–H groups in total. The Morgan fingerprint density at radius 2 is 2.24 bits per heavy atom. The van der Waals surface area contributed by atoms with Gasteiger partial charge in [0, 0.05) is 6.54 Å². The van der Waals surface area contributed by atoms with Crippen molar-refractivity contribution in [2.75, 3.05) is 13.2 Å². The van der Waals surface area contributed by atoms with Gasteiger partial charge in [0.25, 0.3) is 5.91 Å². The van der Waals surface area contributed by atoms with Crippen LogP contribution in [0.5, 0.6) is 0 Å². The maximum Gasteiger partial charge on any atom is 0.256 e. The fraction of sp³-hybridized carbons (Fsp3) is 0.545. The van der Waals surface area contributed by atoms with Crippen molar-refractivity contribution in [3.8, 4) is 0 Å². The van der Waals surface area contributed by atoms with Gasteiger partial charge in [-0.2, -0.15) is 0 Å². The molecule has 2 unspecified atom stereocenters. The standard InChI is InChI=1S/C11H13Cl2NO2S/c1-6-5-16-7(2)4-14(6)11(15)8-3-9(12)17-10(8)13/h3,6-7H,4-5H2,1-2H3. The zero-order valence-corrected chi connectivity index (χ0v) is 11.9. The van der Waals surface area contributed by atoms with Gasteiger partial charge in [-0.1, -0.05) is 23.2 Å². The van der Waals surface area contributed by atoms with Crippen LogP contribution in [-0.2, 0) is 4.74 Å². The second-order valence-corrected chi connectivity index (χ2v) is 6.47. The summed E-state index contributed by atoms with van der Waals surface area (Å²) in [5.74, 6) is -0.0687. The molecule has 94 valence electrons. The molecule has 2 heterocycles. The summed E-state index contributed by atoms with van der Waals surface area (Å²) in [6, 6.07) is 1.69. The first-order chi connectivity index (χ1) is 7.99. The van der Waals surface area contributed by atoms with Crippen LogP contribution in [0, 0.1) is 0 Å². The van der Waals surface area contributed by atoms with Crippen LogP contribution in [0.15, 0.2) is 6.07 Å². The van der Waals surface area contributed by atoms with Gasteiger partial charge in [-0.25, -0.2) is 0 Å². The van der Waals surface area contributed by atoms with Crippen molar-refractivity contribution in [2.45, 2.75) is 26.0 Å². The first-order valence-electron chi connectivity index (χ1n) is 5.36. The summed E-state index contributed by atoms with van der Waals surface area (Å²) in [6.45, 7) is 5.06. The molecular formula is C11H13Cl2NO2S. The number of thiophene rings is 1. The van der Waals surface area contributed by atoms with E-state index in [1.54, 1.807) is 11.0 Å². The smallest absolute Gasteiger partial charge is 0.256 e. The van der Waals surface area contributed by atoms with Crippen LogP contribution in [0.1, 0.15) is 24.2 Å². The number of rotatable bonds is 1. The summed E-state index contributed by atoms with van der Waals surface area (Å²) >= 11 is 13.1. The minimum Gasteiger partial charge on any atom is -0.375 e. The van der Waals surface area contributed by atoms with Crippen LogP contribution in [0.3, 0.4) is 0 Å². The van der Waals surface area contributed by atoms with Gasteiger partial charge in [0.1, 0.15) is 4.34 Å². The highest BCUT2D eigenvalue weighted by Crippen LogP contribution is 2.32. The van der Waals surface area contributed by atoms with Crippen molar-refractivity contribution in [3.63, 3.8) is 0 Å². The zero-order chi connectivity index (χ0) is 12.6. The maximum atomic E-state index is 12.3. The lowest BCUT2D eigenvalue weighted by molar-refractivity contribution is -0.0386. The molecule has 1 fully saturated rings. The van der Waals surface area contributed by atoms with Crippen molar-refractivity contribution in [2.24, 2.45) is 0 Å². The minimum atomic E-state index is -0.0687. The van der Waals surface area contributed by atoms with Gasteiger partial charge in [0.2, 0.25) is 0 Å². The molecule has 0 saturated carbocycles. The number of nitrogens with zero attached hydrogens (tertiary/aromatic N) is 1. The number of ether oxygens (including phenoxy) is 1. The molecule has 0 aliphatic carbocycles. The third-order valence-electron chi connectivity index (χ3n) is 2.76. The van der Waals surface area contributed by atoms with E-state index in [4.69, 9.17) is 27.9 Å². The molecule has 6 heteroatoms. The van der Waals surface area contributed by atoms with Crippen molar-refractivity contribution in [1.29, 1.82) is 0 Å². The van der Waals surface area contributed by atoms with Crippen LogP contribution in [0.2, 0.25) is 8.67 Å². The molecule has 2 atom stereocenters. The van der Waals surface area contributed by atoms with Gasteiger partial charge < -0.3 is 9.64 Å². The van der Waals surface area contributed by atoms with E-state index in [9.17, 15) is 4.79 Å². The average Bonchev–Trinajstić information content (AvgIpc) is 2.60. The SMILES string of the molecule is CC1CN(C(=O)c2cc(Cl)sc2Cl)C(C)CO1. The molecule has 1 aliphatic rings. The lowest BCUT2D eigenvalue weighted by atomic mass is 10.1. The molecule has 1 aliphatic heterocycles. The van der Waals surface area contributed by atoms with E-state index in [2.05, 4.69) is 0 Å². The van der Waals surface area contributed by atoms with Crippen LogP contribution in [0.25, 0.3) is 0 Å². The molecule has 0 spiro atoms. The molecule has 1 amide bonds. The van der Waals surface area contributed by atoms with Crippen molar-refractivity contribution in [1.82, 2.24) is 4.90 Å². The molecule has 17 heavy (non-hydrogen) atoms. The van der Waals surface area contributed by atoms with Crippen LogP contribution in [-0.4, -0.2) is 36.1 Å². The Bertz CT molecular complexity index is 435. The Morgan fingerprint density at radius 1 is 1.53 bits per heavy atom. The fourth-order valence-corrected chi connectivity index (χ4v) is 3.27. The molecular weight excluding hydrogens is 281 g/mol. The Kier molecular flexibility index (Phi) is 3.98. The summed E-state index contributed by atoms with van der Waals surface area (Å²) in [7, 11) is 0. The van der Waals surface area contributed by atoms with Gasteiger partial charge in [-0.3, -0.25) is 4.79 Å². The lowest BCUT2D eigenvalue weighted by Gasteiger charge is -2.36. The van der Waals surface area contributed by atoms with Gasteiger partial charge in [-0.15, -0.1) is 11.3 Å². The average molecular weight is 294 g/mol. The number of morpholine rings is 1.